The van der Waals surface area contributed by atoms with Crippen molar-refractivity contribution in [1.82, 2.24) is 13.7 Å². The van der Waals surface area contributed by atoms with E-state index in [1.54, 1.807) is 0 Å². The summed E-state index contributed by atoms with van der Waals surface area (Å²) in [6, 6.07) is 84.6. The van der Waals surface area contributed by atoms with Crippen LogP contribution in [-0.2, 0) is 0 Å². The largest absolute Gasteiger partial charge is 0.458 e. The maximum Gasteiger partial charge on any atom is 0.256 e. The standard InChI is InChI=1S/C73H39BN4O3/c1-75-45-26-23-42(24-27-45)44-36-63-70-67(37-44)79-66-32-25-43(41-13-3-2-4-14-41)35-56(66)74(70)57-40-55-54-39-47(77-60-21-11-7-17-50(60)51-18-8-12-22-61(51)77)29-34-65(54)81-73(55)69-68-62(78(63)71(57)69)31-30-52-53-38-46(28-33-64(53)80-72(52)68)76-58-19-9-5-15-48(58)49-16-6-10-20-59(49)76/h2-40H. The van der Waals surface area contributed by atoms with E-state index in [9.17, 15) is 0 Å². The fourth-order valence-corrected chi connectivity index (χ4v) is 14.2. The Morgan fingerprint density at radius 1 is 0.358 bits per heavy atom. The lowest BCUT2D eigenvalue weighted by Gasteiger charge is -2.34. The number of fused-ring (bicyclic) bond motifs is 21. The highest BCUT2D eigenvalue weighted by molar-refractivity contribution is 6.99. The van der Waals surface area contributed by atoms with Gasteiger partial charge in [-0.25, -0.2) is 4.85 Å². The zero-order valence-corrected chi connectivity index (χ0v) is 43.1. The van der Waals surface area contributed by atoms with E-state index in [1.807, 2.05) is 24.3 Å². The molecule has 17 aromatic rings. The molecule has 7 nitrogen and oxygen atoms in total. The lowest BCUT2D eigenvalue weighted by atomic mass is 9.34. The molecule has 8 heteroatoms. The predicted molar refractivity (Wildman–Crippen MR) is 332 cm³/mol. The van der Waals surface area contributed by atoms with E-state index in [-0.39, 0.29) is 6.71 Å². The maximum atomic E-state index is 7.74. The average Bonchev–Trinajstić information content (AvgIpc) is 2.57. The lowest BCUT2D eigenvalue weighted by molar-refractivity contribution is 0.487. The molecule has 0 amide bonds. The van der Waals surface area contributed by atoms with Gasteiger partial charge in [0.2, 0.25) is 0 Å². The van der Waals surface area contributed by atoms with Crippen LogP contribution in [0.4, 0.5) is 5.69 Å². The fourth-order valence-electron chi connectivity index (χ4n) is 14.2. The number of benzene rings is 12. The number of aromatic nitrogens is 3. The molecule has 0 fully saturated rings. The molecule has 0 saturated heterocycles. The Bertz CT molecular complexity index is 5600. The summed E-state index contributed by atoms with van der Waals surface area (Å²) in [6.07, 6.45) is 0. The van der Waals surface area contributed by atoms with Gasteiger partial charge in [-0.05, 0) is 130 Å². The zero-order chi connectivity index (χ0) is 52.8. The molecular weight excluding hydrogens is 992 g/mol. The molecule has 0 spiro atoms. The van der Waals surface area contributed by atoms with Crippen LogP contribution in [0, 0.1) is 6.57 Å². The minimum atomic E-state index is -0.227. The smallest absolute Gasteiger partial charge is 0.256 e. The quantitative estimate of drug-likeness (QED) is 0.130. The number of para-hydroxylation sites is 4. The van der Waals surface area contributed by atoms with Gasteiger partial charge in [0, 0.05) is 60.2 Å². The van der Waals surface area contributed by atoms with Crippen molar-refractivity contribution >= 4 is 138 Å². The molecular formula is C73H39BN4O3. The van der Waals surface area contributed by atoms with Gasteiger partial charge in [-0.1, -0.05) is 146 Å². The van der Waals surface area contributed by atoms with E-state index in [2.05, 4.69) is 231 Å². The first-order chi connectivity index (χ1) is 40.1. The van der Waals surface area contributed by atoms with Crippen molar-refractivity contribution < 1.29 is 13.6 Å². The number of hydrogen-bond acceptors (Lipinski definition) is 3. The Balaban J connectivity index is 0.950. The van der Waals surface area contributed by atoms with Crippen molar-refractivity contribution in [3.05, 3.63) is 248 Å². The number of hydrogen-bond donors (Lipinski definition) is 0. The lowest BCUT2D eigenvalue weighted by Crippen LogP contribution is -2.58. The van der Waals surface area contributed by atoms with Gasteiger partial charge in [-0.2, -0.15) is 0 Å². The summed E-state index contributed by atoms with van der Waals surface area (Å²) in [4.78, 5) is 3.73. The first kappa shape index (κ1) is 43.0. The van der Waals surface area contributed by atoms with Gasteiger partial charge in [0.15, 0.2) is 5.69 Å². The molecule has 0 radical (unpaired) electrons. The predicted octanol–water partition coefficient (Wildman–Crippen LogP) is 17.6. The van der Waals surface area contributed by atoms with Crippen molar-refractivity contribution in [2.75, 3.05) is 0 Å². The molecule has 0 bridgehead atoms. The van der Waals surface area contributed by atoms with Gasteiger partial charge in [0.05, 0.1) is 50.4 Å². The third kappa shape index (κ3) is 5.70. The van der Waals surface area contributed by atoms with Gasteiger partial charge in [0.1, 0.15) is 33.8 Å². The first-order valence-corrected chi connectivity index (χ1v) is 27.4. The van der Waals surface area contributed by atoms with Crippen LogP contribution in [0.2, 0.25) is 0 Å². The highest BCUT2D eigenvalue weighted by Gasteiger charge is 2.43. The second-order valence-electron chi connectivity index (χ2n) is 21.8. The number of nitrogens with zero attached hydrogens (tertiary/aromatic N) is 4. The van der Waals surface area contributed by atoms with Gasteiger partial charge < -0.3 is 27.3 Å². The fraction of sp³-hybridized carbons (Fsp3) is 0. The monoisotopic (exact) mass is 1030 g/mol. The third-order valence-electron chi connectivity index (χ3n) is 17.7. The Labute approximate surface area is 461 Å². The summed E-state index contributed by atoms with van der Waals surface area (Å²) in [5.41, 5.74) is 21.3. The molecule has 0 N–H and O–H groups in total. The molecule has 0 saturated carbocycles. The van der Waals surface area contributed by atoms with Crippen molar-refractivity contribution in [2.24, 2.45) is 0 Å². The van der Waals surface area contributed by atoms with E-state index in [1.165, 1.54) is 21.5 Å². The molecule has 0 unspecified atom stereocenters. The normalized spacial score (nSPS) is 12.8. The van der Waals surface area contributed by atoms with Crippen LogP contribution in [-0.4, -0.2) is 20.4 Å². The van der Waals surface area contributed by atoms with E-state index < -0.39 is 0 Å². The second-order valence-corrected chi connectivity index (χ2v) is 21.8. The summed E-state index contributed by atoms with van der Waals surface area (Å²) in [5.74, 6) is 1.62. The summed E-state index contributed by atoms with van der Waals surface area (Å²) in [7, 11) is 0. The number of furan rings is 2. The molecule has 19 rings (SSSR count). The molecule has 7 heterocycles. The summed E-state index contributed by atoms with van der Waals surface area (Å²) in [6.45, 7) is 7.51. The van der Waals surface area contributed by atoms with Gasteiger partial charge >= 0.3 is 0 Å². The highest BCUT2D eigenvalue weighted by Crippen LogP contribution is 2.49. The van der Waals surface area contributed by atoms with Gasteiger partial charge in [0.25, 0.3) is 6.71 Å². The van der Waals surface area contributed by atoms with E-state index in [0.717, 1.165) is 155 Å². The van der Waals surface area contributed by atoms with Crippen LogP contribution in [0.3, 0.4) is 0 Å². The molecule has 0 atom stereocenters. The molecule has 81 heavy (non-hydrogen) atoms. The molecule has 0 aliphatic carbocycles. The highest BCUT2D eigenvalue weighted by atomic mass is 16.5. The summed E-state index contributed by atoms with van der Waals surface area (Å²) >= 11 is 0. The maximum absolute atomic E-state index is 7.74. The average molecular weight is 1030 g/mol. The number of ether oxygens (including phenoxy) is 1. The minimum Gasteiger partial charge on any atom is -0.458 e. The van der Waals surface area contributed by atoms with E-state index in [4.69, 9.17) is 20.1 Å². The van der Waals surface area contributed by atoms with Crippen LogP contribution >= 0.6 is 0 Å². The number of rotatable bonds is 4. The van der Waals surface area contributed by atoms with Crippen molar-refractivity contribution in [3.8, 4) is 50.8 Å². The SMILES string of the molecule is [C-]#[N+]c1ccc(-c2cc3c4c(c2)-n2c5ccc6c7cc(-n8c9ccccc9c9ccccc98)ccc7oc6c5c5c6oc7ccc(-n8c9ccccc9c9ccccc98)cc7c6cc(c52)B4c2cc(-c4ccccc4)ccc2O3)cc1. The van der Waals surface area contributed by atoms with Gasteiger partial charge in [-0.3, -0.25) is 0 Å². The van der Waals surface area contributed by atoms with Crippen LogP contribution in [0.15, 0.2) is 245 Å². The van der Waals surface area contributed by atoms with Crippen molar-refractivity contribution in [2.45, 2.75) is 0 Å². The summed E-state index contributed by atoms with van der Waals surface area (Å²) < 4.78 is 29.1. The molecule has 2 aliphatic rings. The molecule has 372 valence electrons. The zero-order valence-electron chi connectivity index (χ0n) is 43.1. The first-order valence-electron chi connectivity index (χ1n) is 27.4. The van der Waals surface area contributed by atoms with Crippen molar-refractivity contribution in [3.63, 3.8) is 0 Å². The second kappa shape index (κ2) is 15.6. The van der Waals surface area contributed by atoms with Crippen LogP contribution in [0.25, 0.3) is 153 Å². The van der Waals surface area contributed by atoms with Gasteiger partial charge in [-0.15, -0.1) is 0 Å². The summed E-state index contributed by atoms with van der Waals surface area (Å²) in [5, 5.41) is 11.0. The van der Waals surface area contributed by atoms with E-state index >= 15 is 0 Å². The van der Waals surface area contributed by atoms with Crippen molar-refractivity contribution in [1.29, 1.82) is 0 Å². The Hall–Kier alpha value is -11.0. The van der Waals surface area contributed by atoms with Crippen LogP contribution in [0.5, 0.6) is 11.5 Å². The Morgan fingerprint density at radius 3 is 1.53 bits per heavy atom. The van der Waals surface area contributed by atoms with E-state index in [0.29, 0.717) is 5.69 Å². The molecule has 5 aromatic heterocycles. The minimum absolute atomic E-state index is 0.227. The molecule has 12 aromatic carbocycles. The Morgan fingerprint density at radius 2 is 0.914 bits per heavy atom. The topological polar surface area (TPSA) is 54.7 Å². The Kier molecular flexibility index (Phi) is 8.29. The van der Waals surface area contributed by atoms with Crippen LogP contribution < -0.4 is 21.1 Å². The van der Waals surface area contributed by atoms with Crippen LogP contribution in [0.1, 0.15) is 0 Å². The molecule has 2 aliphatic heterocycles. The third-order valence-corrected chi connectivity index (χ3v) is 17.7.